The molecule has 2 aliphatic rings. The molecular weight excluding hydrogens is 264 g/mol. The van der Waals surface area contributed by atoms with Crippen LogP contribution in [-0.2, 0) is 6.54 Å². The molecule has 1 aromatic rings. The van der Waals surface area contributed by atoms with Gasteiger partial charge in [0.05, 0.1) is 14.2 Å². The lowest BCUT2D eigenvalue weighted by Crippen LogP contribution is -2.27. The van der Waals surface area contributed by atoms with Crippen LogP contribution in [-0.4, -0.2) is 44.8 Å². The number of hydrogen-bond donors (Lipinski definition) is 1. The van der Waals surface area contributed by atoms with Crippen LogP contribution in [0.25, 0.3) is 0 Å². The Morgan fingerprint density at radius 3 is 2.76 bits per heavy atom. The number of likely N-dealkylation sites (tertiary alicyclic amines) is 1. The Labute approximate surface area is 127 Å². The summed E-state index contributed by atoms with van der Waals surface area (Å²) in [5.74, 6) is 2.54. The van der Waals surface area contributed by atoms with Crippen LogP contribution in [0, 0.1) is 5.92 Å². The zero-order chi connectivity index (χ0) is 14.7. The fourth-order valence-corrected chi connectivity index (χ4v) is 3.21. The van der Waals surface area contributed by atoms with Crippen molar-refractivity contribution in [2.45, 2.75) is 31.8 Å². The summed E-state index contributed by atoms with van der Waals surface area (Å²) in [6.07, 6.45) is 4.18. The van der Waals surface area contributed by atoms with E-state index in [1.807, 2.05) is 12.1 Å². The Morgan fingerprint density at radius 1 is 1.19 bits per heavy atom. The summed E-state index contributed by atoms with van der Waals surface area (Å²) in [7, 11) is 3.39. The van der Waals surface area contributed by atoms with Crippen molar-refractivity contribution in [1.82, 2.24) is 10.2 Å². The number of ether oxygens (including phenoxy) is 2. The smallest absolute Gasteiger partial charge is 0.127 e. The number of hydrogen-bond acceptors (Lipinski definition) is 4. The Kier molecular flexibility index (Phi) is 4.66. The minimum absolute atomic E-state index is 0.801. The molecule has 116 valence electrons. The second-order valence-corrected chi connectivity index (χ2v) is 6.19. The number of rotatable bonds is 7. The molecule has 1 aliphatic carbocycles. The van der Waals surface area contributed by atoms with Gasteiger partial charge in [-0.1, -0.05) is 6.07 Å². The first-order chi connectivity index (χ1) is 10.3. The summed E-state index contributed by atoms with van der Waals surface area (Å²) in [5.41, 5.74) is 1.19. The summed E-state index contributed by atoms with van der Waals surface area (Å²) in [6, 6.07) is 6.93. The Bertz CT molecular complexity index is 474. The average molecular weight is 290 g/mol. The summed E-state index contributed by atoms with van der Waals surface area (Å²) in [5, 5.41) is 3.59. The van der Waals surface area contributed by atoms with Gasteiger partial charge in [-0.3, -0.25) is 0 Å². The van der Waals surface area contributed by atoms with Crippen LogP contribution in [0.15, 0.2) is 18.2 Å². The predicted octanol–water partition coefficient (Wildman–Crippen LogP) is 2.28. The maximum absolute atomic E-state index is 5.44. The topological polar surface area (TPSA) is 33.7 Å². The zero-order valence-electron chi connectivity index (χ0n) is 13.1. The zero-order valence-corrected chi connectivity index (χ0v) is 13.1. The van der Waals surface area contributed by atoms with Gasteiger partial charge in [0.25, 0.3) is 0 Å². The molecule has 1 heterocycles. The molecule has 4 nitrogen and oxygen atoms in total. The second kappa shape index (κ2) is 6.67. The van der Waals surface area contributed by atoms with Crippen LogP contribution in [0.5, 0.6) is 11.5 Å². The third-order valence-electron chi connectivity index (χ3n) is 4.62. The van der Waals surface area contributed by atoms with E-state index in [4.69, 9.17) is 9.47 Å². The molecule has 1 N–H and O–H groups in total. The quantitative estimate of drug-likeness (QED) is 0.835. The van der Waals surface area contributed by atoms with Crippen molar-refractivity contribution in [3.63, 3.8) is 0 Å². The molecule has 0 unspecified atom stereocenters. The van der Waals surface area contributed by atoms with Crippen LogP contribution in [0.3, 0.4) is 0 Å². The third-order valence-corrected chi connectivity index (χ3v) is 4.62. The SMILES string of the molecule is COc1ccc(CNC[C@@H]2CCN(C3CC3)C2)c(OC)c1. The molecule has 1 aromatic carbocycles. The van der Waals surface area contributed by atoms with Crippen LogP contribution >= 0.6 is 0 Å². The lowest BCUT2D eigenvalue weighted by atomic mass is 10.1. The molecule has 21 heavy (non-hydrogen) atoms. The molecule has 0 amide bonds. The van der Waals surface area contributed by atoms with E-state index in [1.54, 1.807) is 14.2 Å². The molecule has 0 aromatic heterocycles. The van der Waals surface area contributed by atoms with E-state index in [0.29, 0.717) is 0 Å². The second-order valence-electron chi connectivity index (χ2n) is 6.19. The van der Waals surface area contributed by atoms with Crippen molar-refractivity contribution < 1.29 is 9.47 Å². The molecule has 1 atom stereocenters. The molecule has 4 heteroatoms. The highest BCUT2D eigenvalue weighted by molar-refractivity contribution is 5.40. The van der Waals surface area contributed by atoms with Gasteiger partial charge >= 0.3 is 0 Å². The lowest BCUT2D eigenvalue weighted by Gasteiger charge is -2.16. The maximum atomic E-state index is 5.44. The van der Waals surface area contributed by atoms with Gasteiger partial charge in [0.2, 0.25) is 0 Å². The largest absolute Gasteiger partial charge is 0.497 e. The normalized spacial score (nSPS) is 22.5. The van der Waals surface area contributed by atoms with Crippen LogP contribution in [0.4, 0.5) is 0 Å². The first-order valence-corrected chi connectivity index (χ1v) is 7.96. The van der Waals surface area contributed by atoms with E-state index >= 15 is 0 Å². The van der Waals surface area contributed by atoms with Gasteiger partial charge in [-0.05, 0) is 44.3 Å². The van der Waals surface area contributed by atoms with Crippen molar-refractivity contribution in [1.29, 1.82) is 0 Å². The fraction of sp³-hybridized carbons (Fsp3) is 0.647. The van der Waals surface area contributed by atoms with Crippen molar-refractivity contribution in [2.24, 2.45) is 5.92 Å². The molecule has 0 radical (unpaired) electrons. The van der Waals surface area contributed by atoms with E-state index in [2.05, 4.69) is 16.3 Å². The van der Waals surface area contributed by atoms with E-state index in [1.165, 1.54) is 37.9 Å². The monoisotopic (exact) mass is 290 g/mol. The molecule has 2 fully saturated rings. The Balaban J connectivity index is 1.46. The van der Waals surface area contributed by atoms with Gasteiger partial charge in [-0.15, -0.1) is 0 Å². The minimum atomic E-state index is 0.801. The summed E-state index contributed by atoms with van der Waals surface area (Å²) >= 11 is 0. The van der Waals surface area contributed by atoms with Crippen molar-refractivity contribution in [2.75, 3.05) is 33.9 Å². The average Bonchev–Trinajstić information content (AvgIpc) is 3.27. The first kappa shape index (κ1) is 14.7. The summed E-state index contributed by atoms with van der Waals surface area (Å²) < 4.78 is 10.7. The molecule has 0 bridgehead atoms. The van der Waals surface area contributed by atoms with Crippen molar-refractivity contribution in [3.8, 4) is 11.5 Å². The van der Waals surface area contributed by atoms with Gasteiger partial charge in [0.15, 0.2) is 0 Å². The van der Waals surface area contributed by atoms with E-state index in [0.717, 1.165) is 36.5 Å². The van der Waals surface area contributed by atoms with E-state index in [-0.39, 0.29) is 0 Å². The maximum Gasteiger partial charge on any atom is 0.127 e. The predicted molar refractivity (Wildman–Crippen MR) is 84.0 cm³/mol. The van der Waals surface area contributed by atoms with Crippen molar-refractivity contribution in [3.05, 3.63) is 23.8 Å². The van der Waals surface area contributed by atoms with Crippen LogP contribution in [0.1, 0.15) is 24.8 Å². The van der Waals surface area contributed by atoms with Gasteiger partial charge in [0, 0.05) is 30.8 Å². The molecule has 3 rings (SSSR count). The van der Waals surface area contributed by atoms with E-state index < -0.39 is 0 Å². The number of methoxy groups -OCH3 is 2. The minimum Gasteiger partial charge on any atom is -0.497 e. The lowest BCUT2D eigenvalue weighted by molar-refractivity contribution is 0.311. The fourth-order valence-electron chi connectivity index (χ4n) is 3.21. The van der Waals surface area contributed by atoms with Crippen molar-refractivity contribution >= 4 is 0 Å². The number of benzene rings is 1. The summed E-state index contributed by atoms with van der Waals surface area (Å²) in [4.78, 5) is 2.67. The summed E-state index contributed by atoms with van der Waals surface area (Å²) in [6.45, 7) is 4.52. The molecule has 1 saturated heterocycles. The van der Waals surface area contributed by atoms with Crippen LogP contribution in [0.2, 0.25) is 0 Å². The number of nitrogens with zero attached hydrogens (tertiary/aromatic N) is 1. The molecule has 1 saturated carbocycles. The van der Waals surface area contributed by atoms with Gasteiger partial charge in [0.1, 0.15) is 11.5 Å². The van der Waals surface area contributed by atoms with Gasteiger partial charge < -0.3 is 19.7 Å². The molecular formula is C17H26N2O2. The van der Waals surface area contributed by atoms with Gasteiger partial charge in [-0.25, -0.2) is 0 Å². The van der Waals surface area contributed by atoms with E-state index in [9.17, 15) is 0 Å². The highest BCUT2D eigenvalue weighted by atomic mass is 16.5. The van der Waals surface area contributed by atoms with Gasteiger partial charge in [-0.2, -0.15) is 0 Å². The number of nitrogens with one attached hydrogen (secondary N) is 1. The molecule has 0 spiro atoms. The highest BCUT2D eigenvalue weighted by Gasteiger charge is 2.33. The first-order valence-electron chi connectivity index (χ1n) is 7.96. The third kappa shape index (κ3) is 3.69. The Morgan fingerprint density at radius 2 is 2.05 bits per heavy atom. The van der Waals surface area contributed by atoms with Crippen LogP contribution < -0.4 is 14.8 Å². The Hall–Kier alpha value is -1.26. The highest BCUT2D eigenvalue weighted by Crippen LogP contribution is 2.31. The standard InChI is InChI=1S/C17H26N2O2/c1-20-16-6-3-14(17(9-16)21-2)11-18-10-13-7-8-19(12-13)15-4-5-15/h3,6,9,13,15,18H,4-5,7-8,10-12H2,1-2H3/t13-/m0/s1. The molecule has 1 aliphatic heterocycles.